The summed E-state index contributed by atoms with van der Waals surface area (Å²) in [5.41, 5.74) is 1.91. The number of anilines is 2. The number of carbonyl (C=O) groups excluding carboxylic acids is 3. The number of amides is 2. The number of carbonyl (C=O) groups is 3. The lowest BCUT2D eigenvalue weighted by Gasteiger charge is -2.39. The molecule has 2 amide bonds. The van der Waals surface area contributed by atoms with Crippen molar-refractivity contribution in [1.29, 1.82) is 0 Å². The van der Waals surface area contributed by atoms with Crippen LogP contribution in [0.4, 0.5) is 11.4 Å². The molecule has 3 atom stereocenters. The molecule has 5 rings (SSSR count). The van der Waals surface area contributed by atoms with E-state index >= 15 is 0 Å². The monoisotopic (exact) mass is 621 g/mol. The molecule has 2 aliphatic heterocycles. The Balaban J connectivity index is 0.000000323. The summed E-state index contributed by atoms with van der Waals surface area (Å²) in [6, 6.07) is 16.4. The molecular weight excluding hydrogens is 570 g/mol. The third-order valence-electron chi connectivity index (χ3n) is 8.91. The summed E-state index contributed by atoms with van der Waals surface area (Å²) in [4.78, 5) is 42.3. The molecular formula is C36H51N3O6. The van der Waals surface area contributed by atoms with Crippen LogP contribution < -0.4 is 19.9 Å². The minimum Gasteiger partial charge on any atom is -0.476 e. The number of hydrogen-bond acceptors (Lipinski definition) is 7. The molecule has 1 saturated carbocycles. The fraction of sp³-hybridized carbons (Fsp3) is 0.583. The summed E-state index contributed by atoms with van der Waals surface area (Å²) in [5.74, 6) is 0.946. The molecule has 246 valence electrons. The van der Waals surface area contributed by atoms with Crippen molar-refractivity contribution in [2.45, 2.75) is 77.4 Å². The van der Waals surface area contributed by atoms with E-state index in [1.165, 1.54) is 5.56 Å². The Bertz CT molecular complexity index is 1290. The van der Waals surface area contributed by atoms with Crippen molar-refractivity contribution in [3.8, 4) is 5.75 Å². The number of methoxy groups -OCH3 is 2. The van der Waals surface area contributed by atoms with Crippen LogP contribution in [-0.2, 0) is 23.9 Å². The zero-order valence-electron chi connectivity index (χ0n) is 27.8. The number of nitrogens with one attached hydrogen (secondary N) is 1. The third-order valence-corrected chi connectivity index (χ3v) is 8.91. The largest absolute Gasteiger partial charge is 0.476 e. The highest BCUT2D eigenvalue weighted by atomic mass is 16.5. The maximum atomic E-state index is 13.6. The number of benzene rings is 2. The number of ether oxygens (including phenoxy) is 3. The number of Topliss-reactive ketones (excluding diaryl/α,β-unsaturated/α-hetero) is 1. The third kappa shape index (κ3) is 8.93. The minimum absolute atomic E-state index is 0.0465. The normalized spacial score (nSPS) is 21.1. The lowest BCUT2D eigenvalue weighted by Crippen LogP contribution is -2.53. The van der Waals surface area contributed by atoms with Gasteiger partial charge in [0.05, 0.1) is 11.6 Å². The standard InChI is InChI=1S/C25H35N3O5.C11H16O/c1-16(29)17-12-18(15-26-14-17)23(30)28(19-6-7-19)20-8-9-22-21(13-20)27(10-5-11-32-4)24(31)25(2,3)33-22;1-10(8-9-12-2)11-6-4-3-5-7-11/h8-9,13,17-19,26H,5-7,10-12,14-15H2,1-4H3;3-7,10H,8-9H2,1-2H3. The molecule has 45 heavy (non-hydrogen) atoms. The SMILES string of the molecule is COCCC(C)c1ccccc1.COCCCN1C(=O)C(C)(C)Oc2ccc(N(C(=O)C3CNCC(C(C)=O)C3)C3CC3)cc21. The molecule has 2 aromatic rings. The minimum atomic E-state index is -0.955. The second kappa shape index (κ2) is 15.8. The lowest BCUT2D eigenvalue weighted by atomic mass is 9.87. The van der Waals surface area contributed by atoms with E-state index in [0.29, 0.717) is 56.4 Å². The summed E-state index contributed by atoms with van der Waals surface area (Å²) < 4.78 is 16.2. The van der Waals surface area contributed by atoms with E-state index in [4.69, 9.17) is 14.2 Å². The molecule has 0 radical (unpaired) electrons. The van der Waals surface area contributed by atoms with Crippen LogP contribution in [0.15, 0.2) is 48.5 Å². The van der Waals surface area contributed by atoms with E-state index < -0.39 is 5.60 Å². The van der Waals surface area contributed by atoms with Crippen molar-refractivity contribution in [2.75, 3.05) is 56.9 Å². The van der Waals surface area contributed by atoms with Crippen LogP contribution in [0.3, 0.4) is 0 Å². The van der Waals surface area contributed by atoms with Crippen molar-refractivity contribution >= 4 is 29.0 Å². The predicted molar refractivity (Wildman–Crippen MR) is 177 cm³/mol. The molecule has 2 aromatic carbocycles. The van der Waals surface area contributed by atoms with Crippen molar-refractivity contribution in [2.24, 2.45) is 11.8 Å². The van der Waals surface area contributed by atoms with Gasteiger partial charge in [-0.3, -0.25) is 14.4 Å². The van der Waals surface area contributed by atoms with E-state index in [2.05, 4.69) is 36.5 Å². The summed E-state index contributed by atoms with van der Waals surface area (Å²) in [7, 11) is 3.39. The first-order valence-corrected chi connectivity index (χ1v) is 16.3. The lowest BCUT2D eigenvalue weighted by molar-refractivity contribution is -0.132. The molecule has 2 fully saturated rings. The molecule has 0 aromatic heterocycles. The number of fused-ring (bicyclic) bond motifs is 1. The quantitative estimate of drug-likeness (QED) is 0.319. The smallest absolute Gasteiger partial charge is 0.270 e. The topological polar surface area (TPSA) is 97.4 Å². The van der Waals surface area contributed by atoms with E-state index in [9.17, 15) is 14.4 Å². The number of piperidine rings is 1. The van der Waals surface area contributed by atoms with Crippen LogP contribution in [0.5, 0.6) is 5.75 Å². The van der Waals surface area contributed by atoms with Gasteiger partial charge in [0, 0.05) is 64.7 Å². The van der Waals surface area contributed by atoms with Crippen LogP contribution in [0.2, 0.25) is 0 Å². The highest BCUT2D eigenvalue weighted by Crippen LogP contribution is 2.43. The fourth-order valence-electron chi connectivity index (χ4n) is 6.02. The molecule has 1 aliphatic carbocycles. The van der Waals surface area contributed by atoms with Gasteiger partial charge in [-0.2, -0.15) is 0 Å². The van der Waals surface area contributed by atoms with Gasteiger partial charge in [-0.25, -0.2) is 0 Å². The van der Waals surface area contributed by atoms with E-state index in [-0.39, 0.29) is 35.5 Å². The number of rotatable bonds is 12. The van der Waals surface area contributed by atoms with Crippen LogP contribution in [0, 0.1) is 11.8 Å². The predicted octanol–water partition coefficient (Wildman–Crippen LogP) is 5.36. The van der Waals surface area contributed by atoms with Crippen molar-refractivity contribution in [1.82, 2.24) is 5.32 Å². The van der Waals surface area contributed by atoms with Gasteiger partial charge in [-0.15, -0.1) is 0 Å². The average Bonchev–Trinajstić information content (AvgIpc) is 3.88. The Labute approximate surface area is 268 Å². The first kappa shape index (κ1) is 34.6. The van der Waals surface area contributed by atoms with Gasteiger partial charge in [0.25, 0.3) is 5.91 Å². The molecule has 2 heterocycles. The first-order valence-electron chi connectivity index (χ1n) is 16.3. The second-order valence-electron chi connectivity index (χ2n) is 13.0. The maximum absolute atomic E-state index is 13.6. The van der Waals surface area contributed by atoms with Crippen LogP contribution in [0.1, 0.15) is 71.3 Å². The van der Waals surface area contributed by atoms with Crippen molar-refractivity contribution < 1.29 is 28.6 Å². The van der Waals surface area contributed by atoms with Crippen LogP contribution >= 0.6 is 0 Å². The Morgan fingerprint density at radius 3 is 2.38 bits per heavy atom. The van der Waals surface area contributed by atoms with E-state index in [1.54, 1.807) is 39.9 Å². The maximum Gasteiger partial charge on any atom is 0.270 e. The molecule has 9 nitrogen and oxygen atoms in total. The van der Waals surface area contributed by atoms with Crippen LogP contribution in [-0.4, -0.2) is 76.3 Å². The van der Waals surface area contributed by atoms with Gasteiger partial charge in [0.15, 0.2) is 5.60 Å². The van der Waals surface area contributed by atoms with Crippen LogP contribution in [0.25, 0.3) is 0 Å². The fourth-order valence-corrected chi connectivity index (χ4v) is 6.02. The molecule has 1 saturated heterocycles. The van der Waals surface area contributed by atoms with Gasteiger partial charge >= 0.3 is 0 Å². The molecule has 0 bridgehead atoms. The van der Waals surface area contributed by atoms with Gasteiger partial charge < -0.3 is 29.3 Å². The summed E-state index contributed by atoms with van der Waals surface area (Å²) in [6.07, 6.45) is 4.29. The molecule has 1 N–H and O–H groups in total. The average molecular weight is 622 g/mol. The molecule has 3 unspecified atom stereocenters. The number of hydrogen-bond donors (Lipinski definition) is 1. The van der Waals surface area contributed by atoms with Gasteiger partial charge in [-0.1, -0.05) is 37.3 Å². The zero-order chi connectivity index (χ0) is 32.6. The van der Waals surface area contributed by atoms with Crippen molar-refractivity contribution in [3.05, 3.63) is 54.1 Å². The Morgan fingerprint density at radius 1 is 1.04 bits per heavy atom. The van der Waals surface area contributed by atoms with Gasteiger partial charge in [0.1, 0.15) is 11.5 Å². The summed E-state index contributed by atoms with van der Waals surface area (Å²) >= 11 is 0. The Morgan fingerprint density at radius 2 is 1.73 bits per heavy atom. The van der Waals surface area contributed by atoms with Gasteiger partial charge in [0.2, 0.25) is 5.91 Å². The van der Waals surface area contributed by atoms with E-state index in [1.807, 2.05) is 29.2 Å². The summed E-state index contributed by atoms with van der Waals surface area (Å²) in [6.45, 7) is 10.5. The highest BCUT2D eigenvalue weighted by molar-refractivity contribution is 6.04. The summed E-state index contributed by atoms with van der Waals surface area (Å²) in [5, 5.41) is 3.26. The molecule has 9 heteroatoms. The molecule has 0 spiro atoms. The van der Waals surface area contributed by atoms with Crippen molar-refractivity contribution in [3.63, 3.8) is 0 Å². The zero-order valence-corrected chi connectivity index (χ0v) is 27.8. The Kier molecular flexibility index (Phi) is 12.2. The number of ketones is 1. The first-order chi connectivity index (χ1) is 21.6. The molecule has 3 aliphatic rings. The number of nitrogens with zero attached hydrogens (tertiary/aromatic N) is 2. The highest BCUT2D eigenvalue weighted by Gasteiger charge is 2.43. The van der Waals surface area contributed by atoms with Gasteiger partial charge in [-0.05, 0) is 82.6 Å². The van der Waals surface area contributed by atoms with E-state index in [0.717, 1.165) is 31.6 Å². The Hall–Kier alpha value is -3.27. The second-order valence-corrected chi connectivity index (χ2v) is 13.0.